The van der Waals surface area contributed by atoms with Crippen molar-refractivity contribution in [3.8, 4) is 0 Å². The molecule has 1 amide bonds. The summed E-state index contributed by atoms with van der Waals surface area (Å²) in [6, 6.07) is 0. The van der Waals surface area contributed by atoms with Crippen LogP contribution in [0, 0.1) is 0 Å². The van der Waals surface area contributed by atoms with E-state index in [0.717, 1.165) is 19.3 Å². The van der Waals surface area contributed by atoms with Gasteiger partial charge >= 0.3 is 5.97 Å². The Morgan fingerprint density at radius 1 is 1.11 bits per heavy atom. The highest BCUT2D eigenvalue weighted by molar-refractivity contribution is 7.92. The van der Waals surface area contributed by atoms with Gasteiger partial charge in [0.15, 0.2) is 9.84 Å². The lowest BCUT2D eigenvalue weighted by molar-refractivity contribution is -0.137. The van der Waals surface area contributed by atoms with Gasteiger partial charge in [-0.25, -0.2) is 8.42 Å². The third-order valence-electron chi connectivity index (χ3n) is 2.90. The lowest BCUT2D eigenvalue weighted by Gasteiger charge is -2.26. The van der Waals surface area contributed by atoms with Crippen molar-refractivity contribution in [1.29, 1.82) is 0 Å². The maximum Gasteiger partial charge on any atom is 0.303 e. The Morgan fingerprint density at radius 2 is 1.72 bits per heavy atom. The first-order valence-electron chi connectivity index (χ1n) is 6.11. The molecule has 0 bridgehead atoms. The number of hydrogen-bond donors (Lipinski definition) is 1. The lowest BCUT2D eigenvalue weighted by Crippen LogP contribution is -2.39. The molecule has 104 valence electrons. The Kier molecular flexibility index (Phi) is 5.58. The van der Waals surface area contributed by atoms with Crippen LogP contribution < -0.4 is 0 Å². The molecule has 0 unspecified atom stereocenters. The molecule has 6 nitrogen and oxygen atoms in total. The van der Waals surface area contributed by atoms with Crippen LogP contribution in [0.1, 0.15) is 32.1 Å². The Hall–Kier alpha value is -1.11. The van der Waals surface area contributed by atoms with E-state index in [2.05, 4.69) is 0 Å². The number of carboxylic acids is 1. The van der Waals surface area contributed by atoms with Crippen LogP contribution in [0.2, 0.25) is 0 Å². The minimum atomic E-state index is -3.48. The van der Waals surface area contributed by atoms with Crippen LogP contribution in [0.4, 0.5) is 0 Å². The summed E-state index contributed by atoms with van der Waals surface area (Å²) in [5, 5.41) is 8.43. The normalized spacial score (nSPS) is 16.6. The van der Waals surface area contributed by atoms with E-state index >= 15 is 0 Å². The molecule has 1 heterocycles. The van der Waals surface area contributed by atoms with Crippen LogP contribution in [0.25, 0.3) is 0 Å². The zero-order valence-electron chi connectivity index (χ0n) is 10.3. The van der Waals surface area contributed by atoms with Gasteiger partial charge in [0.05, 0.1) is 5.75 Å². The molecule has 0 aromatic carbocycles. The van der Waals surface area contributed by atoms with Gasteiger partial charge in [-0.15, -0.1) is 0 Å². The Labute approximate surface area is 107 Å². The predicted molar refractivity (Wildman–Crippen MR) is 66.0 cm³/mol. The van der Waals surface area contributed by atoms with E-state index in [-0.39, 0.29) is 24.5 Å². The van der Waals surface area contributed by atoms with E-state index < -0.39 is 21.6 Å². The second kappa shape index (κ2) is 6.72. The van der Waals surface area contributed by atoms with E-state index in [1.165, 1.54) is 0 Å². The third kappa shape index (κ3) is 5.48. The molecule has 0 aromatic heterocycles. The number of carbonyl (C=O) groups is 2. The van der Waals surface area contributed by atoms with Crippen molar-refractivity contribution in [3.05, 3.63) is 0 Å². The topological polar surface area (TPSA) is 91.7 Å². The number of amides is 1. The first-order chi connectivity index (χ1) is 8.41. The van der Waals surface area contributed by atoms with Crippen LogP contribution in [0.3, 0.4) is 0 Å². The number of hydrogen-bond acceptors (Lipinski definition) is 4. The fourth-order valence-corrected chi connectivity index (χ4v) is 3.23. The summed E-state index contributed by atoms with van der Waals surface area (Å²) >= 11 is 0. The van der Waals surface area contributed by atoms with Gasteiger partial charge in [-0.3, -0.25) is 9.59 Å². The molecule has 1 N–H and O–H groups in total. The summed E-state index contributed by atoms with van der Waals surface area (Å²) in [5.41, 5.74) is 0. The summed E-state index contributed by atoms with van der Waals surface area (Å²) in [7, 11) is -3.48. The number of carbonyl (C=O) groups excluding carboxylic acids is 1. The second-order valence-corrected chi connectivity index (χ2v) is 6.71. The number of carboxylic acid groups (broad SMARTS) is 1. The zero-order chi connectivity index (χ0) is 13.6. The predicted octanol–water partition coefficient (Wildman–Crippen LogP) is 0.278. The molecule has 1 aliphatic heterocycles. The van der Waals surface area contributed by atoms with E-state index in [1.807, 2.05) is 0 Å². The van der Waals surface area contributed by atoms with Gasteiger partial charge in [-0.2, -0.15) is 0 Å². The second-order valence-electron chi connectivity index (χ2n) is 4.53. The molecule has 1 saturated heterocycles. The maximum atomic E-state index is 11.7. The first-order valence-corrected chi connectivity index (χ1v) is 7.93. The molecule has 0 saturated carbocycles. The van der Waals surface area contributed by atoms with Gasteiger partial charge < -0.3 is 10.0 Å². The van der Waals surface area contributed by atoms with Crippen LogP contribution in [-0.2, 0) is 19.4 Å². The van der Waals surface area contributed by atoms with Gasteiger partial charge in [0.1, 0.15) is 5.75 Å². The molecule has 0 spiro atoms. The van der Waals surface area contributed by atoms with Gasteiger partial charge in [0, 0.05) is 19.5 Å². The lowest BCUT2D eigenvalue weighted by atomic mass is 10.1. The summed E-state index contributed by atoms with van der Waals surface area (Å²) < 4.78 is 23.2. The summed E-state index contributed by atoms with van der Waals surface area (Å²) in [6.07, 6.45) is 2.80. The van der Waals surface area contributed by atoms with Crippen molar-refractivity contribution in [2.45, 2.75) is 32.1 Å². The van der Waals surface area contributed by atoms with E-state index in [4.69, 9.17) is 5.11 Å². The quantitative estimate of drug-likeness (QED) is 0.753. The molecular weight excluding hydrogens is 258 g/mol. The minimum Gasteiger partial charge on any atom is -0.481 e. The molecule has 1 aliphatic rings. The summed E-state index contributed by atoms with van der Waals surface area (Å²) in [4.78, 5) is 23.6. The molecular formula is C11H19NO5S. The maximum absolute atomic E-state index is 11.7. The van der Waals surface area contributed by atoms with E-state index in [0.29, 0.717) is 13.1 Å². The molecule has 0 aromatic rings. The van der Waals surface area contributed by atoms with Crippen molar-refractivity contribution in [2.24, 2.45) is 0 Å². The average Bonchev–Trinajstić information content (AvgIpc) is 2.28. The number of likely N-dealkylation sites (tertiary alicyclic amines) is 1. The fraction of sp³-hybridized carbons (Fsp3) is 0.818. The van der Waals surface area contributed by atoms with E-state index in [1.54, 1.807) is 4.90 Å². The Morgan fingerprint density at radius 3 is 2.28 bits per heavy atom. The van der Waals surface area contributed by atoms with Crippen molar-refractivity contribution in [3.63, 3.8) is 0 Å². The van der Waals surface area contributed by atoms with Gasteiger partial charge in [-0.05, 0) is 25.7 Å². The molecule has 0 atom stereocenters. The van der Waals surface area contributed by atoms with Gasteiger partial charge in [-0.1, -0.05) is 0 Å². The highest BCUT2D eigenvalue weighted by atomic mass is 32.2. The summed E-state index contributed by atoms with van der Waals surface area (Å²) in [6.45, 7) is 1.26. The first kappa shape index (κ1) is 14.9. The average molecular weight is 277 g/mol. The van der Waals surface area contributed by atoms with Crippen molar-refractivity contribution < 1.29 is 23.1 Å². The van der Waals surface area contributed by atoms with Crippen LogP contribution >= 0.6 is 0 Å². The number of piperidine rings is 1. The highest BCUT2D eigenvalue weighted by Crippen LogP contribution is 2.10. The molecule has 1 rings (SSSR count). The Bertz CT molecular complexity index is 398. The molecule has 0 radical (unpaired) electrons. The monoisotopic (exact) mass is 277 g/mol. The standard InChI is InChI=1S/C11H19NO5S/c13-10(12-6-2-1-3-7-12)9-18(16,17)8-4-5-11(14)15/h1-9H2,(H,14,15). The van der Waals surface area contributed by atoms with Crippen LogP contribution in [0.5, 0.6) is 0 Å². The minimum absolute atomic E-state index is 0.0605. The van der Waals surface area contributed by atoms with Gasteiger partial charge in [0.25, 0.3) is 0 Å². The third-order valence-corrected chi connectivity index (χ3v) is 4.50. The Balaban J connectivity index is 2.39. The molecule has 7 heteroatoms. The van der Waals surface area contributed by atoms with Crippen LogP contribution in [0.15, 0.2) is 0 Å². The zero-order valence-corrected chi connectivity index (χ0v) is 11.1. The van der Waals surface area contributed by atoms with Gasteiger partial charge in [0.2, 0.25) is 5.91 Å². The molecule has 0 aliphatic carbocycles. The fourth-order valence-electron chi connectivity index (χ4n) is 1.94. The highest BCUT2D eigenvalue weighted by Gasteiger charge is 2.22. The largest absolute Gasteiger partial charge is 0.481 e. The SMILES string of the molecule is O=C(O)CCCS(=O)(=O)CC(=O)N1CCCCC1. The molecule has 1 fully saturated rings. The number of aliphatic carboxylic acids is 1. The number of sulfone groups is 1. The smallest absolute Gasteiger partial charge is 0.303 e. The van der Waals surface area contributed by atoms with E-state index in [9.17, 15) is 18.0 Å². The van der Waals surface area contributed by atoms with Crippen molar-refractivity contribution in [2.75, 3.05) is 24.6 Å². The van der Waals surface area contributed by atoms with Crippen LogP contribution in [-0.4, -0.2) is 54.9 Å². The van der Waals surface area contributed by atoms with Crippen molar-refractivity contribution in [1.82, 2.24) is 4.90 Å². The van der Waals surface area contributed by atoms with Crippen molar-refractivity contribution >= 4 is 21.7 Å². The molecule has 18 heavy (non-hydrogen) atoms. The summed E-state index contributed by atoms with van der Waals surface area (Å²) in [5.74, 6) is -2.11. The number of rotatable bonds is 6. The number of nitrogens with zero attached hydrogens (tertiary/aromatic N) is 1.